The van der Waals surface area contributed by atoms with E-state index < -0.39 is 5.97 Å². The van der Waals surface area contributed by atoms with Gasteiger partial charge in [0.1, 0.15) is 0 Å². The van der Waals surface area contributed by atoms with Crippen molar-refractivity contribution in [3.8, 4) is 0 Å². The molecule has 19 heavy (non-hydrogen) atoms. The fraction of sp³-hybridized carbons (Fsp3) is 0.0769. The third kappa shape index (κ3) is 3.16. The molecule has 4 nitrogen and oxygen atoms in total. The molecule has 0 fully saturated rings. The van der Waals surface area contributed by atoms with Crippen molar-refractivity contribution in [3.63, 3.8) is 0 Å². The summed E-state index contributed by atoms with van der Waals surface area (Å²) in [6.07, 6.45) is 1.29. The third-order valence-electron chi connectivity index (χ3n) is 2.59. The number of halogens is 2. The molecule has 1 heterocycles. The van der Waals surface area contributed by atoms with Crippen LogP contribution in [0.5, 0.6) is 0 Å². The van der Waals surface area contributed by atoms with Gasteiger partial charge in [-0.2, -0.15) is 0 Å². The molecule has 0 bridgehead atoms. The highest BCUT2D eigenvalue weighted by Crippen LogP contribution is 2.21. The molecule has 1 N–H and O–H groups in total. The Kier molecular flexibility index (Phi) is 3.93. The summed E-state index contributed by atoms with van der Waals surface area (Å²) < 4.78 is 1.29. The number of aromatic carboxylic acids is 1. The lowest BCUT2D eigenvalue weighted by atomic mass is 10.2. The maximum Gasteiger partial charge on any atom is 0.337 e. The Morgan fingerprint density at radius 1 is 1.21 bits per heavy atom. The van der Waals surface area contributed by atoms with E-state index >= 15 is 0 Å². The van der Waals surface area contributed by atoms with Crippen molar-refractivity contribution < 1.29 is 9.90 Å². The summed E-state index contributed by atoms with van der Waals surface area (Å²) in [7, 11) is 0. The summed E-state index contributed by atoms with van der Waals surface area (Å²) in [6.45, 7) is 0.190. The van der Waals surface area contributed by atoms with Crippen LogP contribution in [0.25, 0.3) is 0 Å². The number of carboxylic acid groups (broad SMARTS) is 1. The maximum absolute atomic E-state index is 11.7. The highest BCUT2D eigenvalue weighted by molar-refractivity contribution is 6.35. The van der Waals surface area contributed by atoms with Gasteiger partial charge in [-0.25, -0.2) is 4.79 Å². The van der Waals surface area contributed by atoms with Crippen LogP contribution in [-0.4, -0.2) is 15.6 Å². The minimum atomic E-state index is -1.09. The van der Waals surface area contributed by atoms with Crippen molar-refractivity contribution in [2.75, 3.05) is 0 Å². The third-order valence-corrected chi connectivity index (χ3v) is 3.17. The normalized spacial score (nSPS) is 10.4. The molecule has 1 aromatic carbocycles. The number of aromatic nitrogens is 1. The summed E-state index contributed by atoms with van der Waals surface area (Å²) in [5.74, 6) is -1.09. The number of nitrogens with zero attached hydrogens (tertiary/aromatic N) is 1. The number of pyridine rings is 1. The van der Waals surface area contributed by atoms with Gasteiger partial charge in [0.05, 0.1) is 12.1 Å². The second-order valence-corrected chi connectivity index (χ2v) is 4.77. The van der Waals surface area contributed by atoms with Gasteiger partial charge >= 0.3 is 5.97 Å². The van der Waals surface area contributed by atoms with E-state index in [-0.39, 0.29) is 17.7 Å². The highest BCUT2D eigenvalue weighted by atomic mass is 35.5. The highest BCUT2D eigenvalue weighted by Gasteiger charge is 2.07. The van der Waals surface area contributed by atoms with Crippen LogP contribution in [0, 0.1) is 0 Å². The summed E-state index contributed by atoms with van der Waals surface area (Å²) >= 11 is 11.8. The maximum atomic E-state index is 11.7. The molecule has 0 atom stereocenters. The van der Waals surface area contributed by atoms with E-state index in [0.717, 1.165) is 0 Å². The molecule has 0 aliphatic heterocycles. The first-order valence-corrected chi connectivity index (χ1v) is 6.10. The fourth-order valence-electron chi connectivity index (χ4n) is 1.61. The van der Waals surface area contributed by atoms with Crippen LogP contribution in [0.15, 0.2) is 41.3 Å². The second kappa shape index (κ2) is 5.47. The lowest BCUT2D eigenvalue weighted by molar-refractivity contribution is 0.0696. The van der Waals surface area contributed by atoms with Crippen LogP contribution in [0.3, 0.4) is 0 Å². The number of hydrogen-bond acceptors (Lipinski definition) is 2. The Hall–Kier alpha value is -1.78. The molecule has 0 aliphatic carbocycles. The van der Waals surface area contributed by atoms with Gasteiger partial charge in [0.25, 0.3) is 5.56 Å². The molecule has 2 rings (SSSR count). The Bertz CT molecular complexity index is 695. The van der Waals surface area contributed by atoms with Gasteiger partial charge in [-0.05, 0) is 23.8 Å². The smallest absolute Gasteiger partial charge is 0.337 e. The van der Waals surface area contributed by atoms with Gasteiger partial charge in [-0.15, -0.1) is 0 Å². The topological polar surface area (TPSA) is 59.3 Å². The number of benzene rings is 1. The molecule has 0 spiro atoms. The summed E-state index contributed by atoms with van der Waals surface area (Å²) in [4.78, 5) is 22.5. The molecule has 0 saturated heterocycles. The minimum absolute atomic E-state index is 0.0460. The van der Waals surface area contributed by atoms with Crippen LogP contribution < -0.4 is 5.56 Å². The zero-order valence-electron chi connectivity index (χ0n) is 9.64. The van der Waals surface area contributed by atoms with Crippen molar-refractivity contribution in [2.24, 2.45) is 0 Å². The molecule has 0 amide bonds. The Morgan fingerprint density at radius 3 is 2.58 bits per heavy atom. The fourth-order valence-corrected chi connectivity index (χ4v) is 2.08. The molecule has 0 unspecified atom stereocenters. The van der Waals surface area contributed by atoms with Crippen LogP contribution in [0.4, 0.5) is 0 Å². The molecular weight excluding hydrogens is 289 g/mol. The zero-order valence-corrected chi connectivity index (χ0v) is 11.1. The predicted octanol–water partition coefficient (Wildman–Crippen LogP) is 2.90. The zero-order chi connectivity index (χ0) is 14.0. The van der Waals surface area contributed by atoms with Crippen molar-refractivity contribution >= 4 is 29.2 Å². The summed E-state index contributed by atoms with van der Waals surface area (Å²) in [5, 5.41) is 9.83. The quantitative estimate of drug-likeness (QED) is 0.947. The predicted molar refractivity (Wildman–Crippen MR) is 73.2 cm³/mol. The van der Waals surface area contributed by atoms with Crippen molar-refractivity contribution in [1.29, 1.82) is 0 Å². The standard InChI is InChI=1S/C13H9Cl2NO3/c14-10-3-1-8(11(15)5-10)6-16-7-9(13(18)19)2-4-12(16)17/h1-5,7H,6H2,(H,18,19). The number of rotatable bonds is 3. The minimum Gasteiger partial charge on any atom is -0.478 e. The van der Waals surface area contributed by atoms with E-state index in [9.17, 15) is 9.59 Å². The molecule has 6 heteroatoms. The SMILES string of the molecule is O=C(O)c1ccc(=O)n(Cc2ccc(Cl)cc2Cl)c1. The largest absolute Gasteiger partial charge is 0.478 e. The van der Waals surface area contributed by atoms with E-state index in [0.29, 0.717) is 15.6 Å². The van der Waals surface area contributed by atoms with Gasteiger partial charge in [0.15, 0.2) is 0 Å². The number of carbonyl (C=O) groups is 1. The molecule has 98 valence electrons. The summed E-state index contributed by atoms with van der Waals surface area (Å²) in [6, 6.07) is 7.42. The molecule has 2 aromatic rings. The van der Waals surface area contributed by atoms with Gasteiger partial charge < -0.3 is 9.67 Å². The Morgan fingerprint density at radius 2 is 1.95 bits per heavy atom. The molecule has 0 saturated carbocycles. The van der Waals surface area contributed by atoms with Crippen molar-refractivity contribution in [3.05, 3.63) is 68.1 Å². The average molecular weight is 298 g/mol. The number of carboxylic acids is 1. The molecule has 0 aliphatic rings. The lowest BCUT2D eigenvalue weighted by Gasteiger charge is -2.08. The van der Waals surface area contributed by atoms with E-state index in [1.165, 1.54) is 22.9 Å². The Balaban J connectivity index is 2.40. The van der Waals surface area contributed by atoms with Crippen LogP contribution in [0.1, 0.15) is 15.9 Å². The number of hydrogen-bond donors (Lipinski definition) is 1. The average Bonchev–Trinajstić information content (AvgIpc) is 2.34. The van der Waals surface area contributed by atoms with E-state index in [4.69, 9.17) is 28.3 Å². The van der Waals surface area contributed by atoms with Crippen LogP contribution >= 0.6 is 23.2 Å². The second-order valence-electron chi connectivity index (χ2n) is 3.92. The van der Waals surface area contributed by atoms with Gasteiger partial charge in [-0.3, -0.25) is 4.79 Å². The summed E-state index contributed by atoms with van der Waals surface area (Å²) in [5.41, 5.74) is 0.441. The Labute approximate surface area is 118 Å². The van der Waals surface area contributed by atoms with E-state index in [1.807, 2.05) is 0 Å². The molecule has 1 aromatic heterocycles. The van der Waals surface area contributed by atoms with E-state index in [1.54, 1.807) is 18.2 Å². The van der Waals surface area contributed by atoms with Gasteiger partial charge in [0, 0.05) is 22.3 Å². The first-order valence-electron chi connectivity index (χ1n) is 5.35. The van der Waals surface area contributed by atoms with Gasteiger partial charge in [-0.1, -0.05) is 29.3 Å². The van der Waals surface area contributed by atoms with Gasteiger partial charge in [0.2, 0.25) is 0 Å². The lowest BCUT2D eigenvalue weighted by Crippen LogP contribution is -2.20. The van der Waals surface area contributed by atoms with Crippen LogP contribution in [-0.2, 0) is 6.54 Å². The van der Waals surface area contributed by atoms with Crippen molar-refractivity contribution in [2.45, 2.75) is 6.54 Å². The molecule has 0 radical (unpaired) electrons. The van der Waals surface area contributed by atoms with Crippen LogP contribution in [0.2, 0.25) is 10.0 Å². The van der Waals surface area contributed by atoms with E-state index in [2.05, 4.69) is 0 Å². The first kappa shape index (κ1) is 13.6. The molecular formula is C13H9Cl2NO3. The first-order chi connectivity index (χ1) is 8.97. The monoisotopic (exact) mass is 297 g/mol. The van der Waals surface area contributed by atoms with Crippen molar-refractivity contribution in [1.82, 2.24) is 4.57 Å².